The maximum Gasteiger partial charge on any atom is 0.225 e. The molecule has 0 amide bonds. The van der Waals surface area contributed by atoms with Crippen LogP contribution < -0.4 is 10.1 Å². The van der Waals surface area contributed by atoms with E-state index in [2.05, 4.69) is 22.2 Å². The molecule has 0 aliphatic heterocycles. The summed E-state index contributed by atoms with van der Waals surface area (Å²) in [6, 6.07) is 1.75. The first kappa shape index (κ1) is 13.0. The third-order valence-corrected chi connectivity index (χ3v) is 2.47. The molecule has 0 spiro atoms. The minimum absolute atomic E-state index is 0.101. The van der Waals surface area contributed by atoms with Crippen LogP contribution in [0.15, 0.2) is 12.3 Å². The summed E-state index contributed by atoms with van der Waals surface area (Å²) in [5.74, 6) is 1.16. The Hall–Kier alpha value is -1.03. The number of halogens is 1. The van der Waals surface area contributed by atoms with Crippen molar-refractivity contribution in [3.63, 3.8) is 0 Å². The summed E-state index contributed by atoms with van der Waals surface area (Å²) in [6.07, 6.45) is 3.56. The van der Waals surface area contributed by atoms with Crippen molar-refractivity contribution in [3.8, 4) is 5.88 Å². The van der Waals surface area contributed by atoms with Crippen molar-refractivity contribution >= 4 is 17.5 Å². The SMILES string of the molecule is CCCOc1ccnc(NCC(Cl)CC)n1. The molecule has 0 aliphatic carbocycles. The molecule has 0 saturated carbocycles. The van der Waals surface area contributed by atoms with Crippen molar-refractivity contribution < 1.29 is 4.74 Å². The zero-order chi connectivity index (χ0) is 11.8. The summed E-state index contributed by atoms with van der Waals surface area (Å²) < 4.78 is 5.40. The van der Waals surface area contributed by atoms with Crippen molar-refractivity contribution in [3.05, 3.63) is 12.3 Å². The molecule has 1 rings (SSSR count). The molecule has 0 fully saturated rings. The summed E-state index contributed by atoms with van der Waals surface area (Å²) in [6.45, 7) is 5.43. The Bertz CT molecular complexity index is 309. The molecule has 1 atom stereocenters. The van der Waals surface area contributed by atoms with Gasteiger partial charge in [0.25, 0.3) is 0 Å². The molecular formula is C11H18ClN3O. The van der Waals surface area contributed by atoms with Crippen LogP contribution in [0.4, 0.5) is 5.95 Å². The van der Waals surface area contributed by atoms with Gasteiger partial charge in [0, 0.05) is 18.8 Å². The Balaban J connectivity index is 2.46. The molecule has 0 bridgehead atoms. The molecule has 90 valence electrons. The summed E-state index contributed by atoms with van der Waals surface area (Å²) in [7, 11) is 0. The van der Waals surface area contributed by atoms with E-state index in [1.165, 1.54) is 0 Å². The standard InChI is InChI=1S/C11H18ClN3O/c1-3-7-16-10-5-6-13-11(15-10)14-8-9(12)4-2/h5-6,9H,3-4,7-8H2,1-2H3,(H,13,14,15). The first-order valence-corrected chi connectivity index (χ1v) is 6.03. The normalized spacial score (nSPS) is 12.2. The van der Waals surface area contributed by atoms with E-state index in [0.29, 0.717) is 25.0 Å². The largest absolute Gasteiger partial charge is 0.478 e. The van der Waals surface area contributed by atoms with Gasteiger partial charge in [-0.25, -0.2) is 4.98 Å². The fourth-order valence-electron chi connectivity index (χ4n) is 1.06. The molecule has 0 aromatic carbocycles. The highest BCUT2D eigenvalue weighted by Crippen LogP contribution is 2.09. The van der Waals surface area contributed by atoms with Gasteiger partial charge in [-0.05, 0) is 12.8 Å². The van der Waals surface area contributed by atoms with Gasteiger partial charge in [0.15, 0.2) is 0 Å². The average Bonchev–Trinajstić information content (AvgIpc) is 2.34. The van der Waals surface area contributed by atoms with Gasteiger partial charge in [-0.2, -0.15) is 4.98 Å². The van der Waals surface area contributed by atoms with Gasteiger partial charge < -0.3 is 10.1 Å². The maximum absolute atomic E-state index is 5.99. The van der Waals surface area contributed by atoms with Crippen molar-refractivity contribution in [1.82, 2.24) is 9.97 Å². The Labute approximate surface area is 101 Å². The van der Waals surface area contributed by atoms with Crippen LogP contribution in [-0.2, 0) is 0 Å². The monoisotopic (exact) mass is 243 g/mol. The van der Waals surface area contributed by atoms with E-state index in [1.54, 1.807) is 12.3 Å². The van der Waals surface area contributed by atoms with Crippen LogP contribution in [-0.4, -0.2) is 28.5 Å². The average molecular weight is 244 g/mol. The van der Waals surface area contributed by atoms with E-state index in [9.17, 15) is 0 Å². The van der Waals surface area contributed by atoms with Gasteiger partial charge in [0.05, 0.1) is 12.0 Å². The number of ether oxygens (including phenoxy) is 1. The van der Waals surface area contributed by atoms with E-state index in [-0.39, 0.29) is 5.38 Å². The lowest BCUT2D eigenvalue weighted by Gasteiger charge is -2.09. The van der Waals surface area contributed by atoms with Crippen LogP contribution in [0.2, 0.25) is 0 Å². The van der Waals surface area contributed by atoms with Gasteiger partial charge in [0.2, 0.25) is 11.8 Å². The molecule has 0 aliphatic rings. The highest BCUT2D eigenvalue weighted by molar-refractivity contribution is 6.20. The first-order valence-electron chi connectivity index (χ1n) is 5.60. The zero-order valence-electron chi connectivity index (χ0n) is 9.74. The Kier molecular flexibility index (Phi) is 5.93. The van der Waals surface area contributed by atoms with Gasteiger partial charge in [-0.1, -0.05) is 13.8 Å². The van der Waals surface area contributed by atoms with Crippen molar-refractivity contribution in [1.29, 1.82) is 0 Å². The Morgan fingerprint density at radius 1 is 1.50 bits per heavy atom. The number of hydrogen-bond acceptors (Lipinski definition) is 4. The first-order chi connectivity index (χ1) is 7.76. The molecule has 5 heteroatoms. The van der Waals surface area contributed by atoms with Gasteiger partial charge in [0.1, 0.15) is 0 Å². The molecule has 1 aromatic heterocycles. The molecular weight excluding hydrogens is 226 g/mol. The smallest absolute Gasteiger partial charge is 0.225 e. The number of aromatic nitrogens is 2. The van der Waals surface area contributed by atoms with Crippen molar-refractivity contribution in [2.45, 2.75) is 32.1 Å². The minimum atomic E-state index is 0.101. The molecule has 16 heavy (non-hydrogen) atoms. The Morgan fingerprint density at radius 2 is 2.31 bits per heavy atom. The number of nitrogens with one attached hydrogen (secondary N) is 1. The van der Waals surface area contributed by atoms with Crippen LogP contribution in [0.25, 0.3) is 0 Å². The van der Waals surface area contributed by atoms with Crippen LogP contribution in [0, 0.1) is 0 Å². The quantitative estimate of drug-likeness (QED) is 0.748. The number of rotatable bonds is 7. The number of alkyl halides is 1. The summed E-state index contributed by atoms with van der Waals surface area (Å²) in [5.41, 5.74) is 0. The second-order valence-corrected chi connectivity index (χ2v) is 4.07. The molecule has 1 heterocycles. The summed E-state index contributed by atoms with van der Waals surface area (Å²) in [4.78, 5) is 8.31. The zero-order valence-corrected chi connectivity index (χ0v) is 10.5. The molecule has 0 radical (unpaired) electrons. The van der Waals surface area contributed by atoms with E-state index < -0.39 is 0 Å². The number of nitrogens with zero attached hydrogens (tertiary/aromatic N) is 2. The van der Waals surface area contributed by atoms with E-state index >= 15 is 0 Å². The fraction of sp³-hybridized carbons (Fsp3) is 0.636. The lowest BCUT2D eigenvalue weighted by Crippen LogP contribution is -2.15. The van der Waals surface area contributed by atoms with Crippen molar-refractivity contribution in [2.24, 2.45) is 0 Å². The lowest BCUT2D eigenvalue weighted by molar-refractivity contribution is 0.305. The van der Waals surface area contributed by atoms with Gasteiger partial charge >= 0.3 is 0 Å². The molecule has 1 aromatic rings. The fourth-order valence-corrected chi connectivity index (χ4v) is 1.14. The topological polar surface area (TPSA) is 47.0 Å². The van der Waals surface area contributed by atoms with E-state index in [4.69, 9.17) is 16.3 Å². The van der Waals surface area contributed by atoms with Gasteiger partial charge in [-0.3, -0.25) is 0 Å². The predicted molar refractivity (Wildman–Crippen MR) is 66.2 cm³/mol. The highest BCUT2D eigenvalue weighted by Gasteiger charge is 2.03. The van der Waals surface area contributed by atoms with Crippen LogP contribution in [0.3, 0.4) is 0 Å². The minimum Gasteiger partial charge on any atom is -0.478 e. The number of hydrogen-bond donors (Lipinski definition) is 1. The third-order valence-electron chi connectivity index (χ3n) is 2.01. The van der Waals surface area contributed by atoms with Crippen LogP contribution >= 0.6 is 11.6 Å². The number of anilines is 1. The molecule has 1 unspecified atom stereocenters. The van der Waals surface area contributed by atoms with Crippen molar-refractivity contribution in [2.75, 3.05) is 18.5 Å². The second-order valence-electron chi connectivity index (χ2n) is 3.45. The Morgan fingerprint density at radius 3 is 3.00 bits per heavy atom. The van der Waals surface area contributed by atoms with E-state index in [1.807, 2.05) is 6.92 Å². The maximum atomic E-state index is 5.99. The summed E-state index contributed by atoms with van der Waals surface area (Å²) >= 11 is 5.99. The molecule has 4 nitrogen and oxygen atoms in total. The summed E-state index contributed by atoms with van der Waals surface area (Å²) in [5, 5.41) is 3.18. The predicted octanol–water partition coefficient (Wildman–Crippen LogP) is 2.69. The van der Waals surface area contributed by atoms with Gasteiger partial charge in [-0.15, -0.1) is 11.6 Å². The molecule has 1 N–H and O–H groups in total. The third kappa shape index (κ3) is 4.66. The van der Waals surface area contributed by atoms with Crippen LogP contribution in [0.1, 0.15) is 26.7 Å². The highest BCUT2D eigenvalue weighted by atomic mass is 35.5. The van der Waals surface area contributed by atoms with E-state index in [0.717, 1.165) is 12.8 Å². The molecule has 0 saturated heterocycles. The lowest BCUT2D eigenvalue weighted by atomic mass is 10.3. The second kappa shape index (κ2) is 7.28. The van der Waals surface area contributed by atoms with Crippen LogP contribution in [0.5, 0.6) is 5.88 Å².